The van der Waals surface area contributed by atoms with Crippen LogP contribution in [0.1, 0.15) is 44.0 Å². The fourth-order valence-electron chi connectivity index (χ4n) is 1.81. The Balaban J connectivity index is 2.14. The molecule has 0 radical (unpaired) electrons. The molecule has 1 N–H and O–H groups in total. The number of fused-ring (bicyclic) bond motifs is 1. The van der Waals surface area contributed by atoms with Crippen LogP contribution in [-0.4, -0.2) is 18.2 Å². The summed E-state index contributed by atoms with van der Waals surface area (Å²) in [6.45, 7) is 6.42. The van der Waals surface area contributed by atoms with Gasteiger partial charge in [0.05, 0.1) is 0 Å². The number of carbonyl (C=O) groups is 1. The molecule has 0 saturated heterocycles. The van der Waals surface area contributed by atoms with Crippen molar-refractivity contribution in [2.24, 2.45) is 0 Å². The van der Waals surface area contributed by atoms with Gasteiger partial charge in [-0.15, -0.1) is 0 Å². The maximum absolute atomic E-state index is 12.2. The van der Waals surface area contributed by atoms with Gasteiger partial charge < -0.3 is 14.8 Å². The Kier molecular flexibility index (Phi) is 3.45. The van der Waals surface area contributed by atoms with Crippen LogP contribution in [0.2, 0.25) is 0 Å². The van der Waals surface area contributed by atoms with Gasteiger partial charge in [-0.3, -0.25) is 4.79 Å². The SMILES string of the molecule is CCC(C)(CC)NC(=O)c1ccc2c(c1)OCO2. The summed E-state index contributed by atoms with van der Waals surface area (Å²) in [6, 6.07) is 5.25. The molecule has 1 aliphatic rings. The number of hydrogen-bond donors (Lipinski definition) is 1. The van der Waals surface area contributed by atoms with Gasteiger partial charge in [0.2, 0.25) is 6.79 Å². The summed E-state index contributed by atoms with van der Waals surface area (Å²) < 4.78 is 10.5. The number of amides is 1. The Morgan fingerprint density at radius 3 is 2.61 bits per heavy atom. The lowest BCUT2D eigenvalue weighted by Gasteiger charge is -2.28. The van der Waals surface area contributed by atoms with Gasteiger partial charge in [-0.25, -0.2) is 0 Å². The van der Waals surface area contributed by atoms with Crippen molar-refractivity contribution in [1.82, 2.24) is 5.32 Å². The zero-order chi connectivity index (χ0) is 13.2. The first kappa shape index (κ1) is 12.7. The van der Waals surface area contributed by atoms with Crippen molar-refractivity contribution in [2.45, 2.75) is 39.2 Å². The zero-order valence-corrected chi connectivity index (χ0v) is 11.1. The van der Waals surface area contributed by atoms with E-state index >= 15 is 0 Å². The summed E-state index contributed by atoms with van der Waals surface area (Å²) in [6.07, 6.45) is 1.81. The minimum atomic E-state index is -0.159. The van der Waals surface area contributed by atoms with E-state index in [-0.39, 0.29) is 18.2 Å². The van der Waals surface area contributed by atoms with Crippen molar-refractivity contribution >= 4 is 5.91 Å². The van der Waals surface area contributed by atoms with Gasteiger partial charge in [-0.05, 0) is 38.0 Å². The molecule has 18 heavy (non-hydrogen) atoms. The van der Waals surface area contributed by atoms with E-state index in [1.54, 1.807) is 18.2 Å². The van der Waals surface area contributed by atoms with Crippen molar-refractivity contribution < 1.29 is 14.3 Å². The predicted molar refractivity (Wildman–Crippen MR) is 69.0 cm³/mol. The van der Waals surface area contributed by atoms with Crippen molar-refractivity contribution in [1.29, 1.82) is 0 Å². The molecule has 0 fully saturated rings. The van der Waals surface area contributed by atoms with E-state index in [2.05, 4.69) is 26.1 Å². The molecule has 0 unspecified atom stereocenters. The first-order chi connectivity index (χ1) is 8.58. The summed E-state index contributed by atoms with van der Waals surface area (Å²) in [5, 5.41) is 3.06. The molecule has 0 bridgehead atoms. The lowest BCUT2D eigenvalue weighted by atomic mass is 9.95. The second kappa shape index (κ2) is 4.88. The van der Waals surface area contributed by atoms with Crippen LogP contribution in [0.3, 0.4) is 0 Å². The first-order valence-corrected chi connectivity index (χ1v) is 6.30. The molecular weight excluding hydrogens is 230 g/mol. The second-order valence-electron chi connectivity index (χ2n) is 4.79. The molecule has 0 aliphatic carbocycles. The Hall–Kier alpha value is -1.71. The summed E-state index contributed by atoms with van der Waals surface area (Å²) >= 11 is 0. The first-order valence-electron chi connectivity index (χ1n) is 6.30. The number of carbonyl (C=O) groups excluding carboxylic acids is 1. The van der Waals surface area contributed by atoms with Crippen molar-refractivity contribution in [3.8, 4) is 11.5 Å². The lowest BCUT2D eigenvalue weighted by molar-refractivity contribution is 0.0900. The molecule has 1 aromatic rings. The molecule has 1 heterocycles. The molecule has 4 nitrogen and oxygen atoms in total. The maximum atomic E-state index is 12.2. The smallest absolute Gasteiger partial charge is 0.251 e. The van der Waals surface area contributed by atoms with Gasteiger partial charge in [-0.1, -0.05) is 13.8 Å². The molecule has 4 heteroatoms. The van der Waals surface area contributed by atoms with E-state index in [1.165, 1.54) is 0 Å². The van der Waals surface area contributed by atoms with Crippen LogP contribution in [-0.2, 0) is 0 Å². The van der Waals surface area contributed by atoms with Crippen LogP contribution in [0.15, 0.2) is 18.2 Å². The lowest BCUT2D eigenvalue weighted by Crippen LogP contribution is -2.44. The third-order valence-corrected chi connectivity index (χ3v) is 3.61. The largest absolute Gasteiger partial charge is 0.454 e. The van der Waals surface area contributed by atoms with Crippen LogP contribution < -0.4 is 14.8 Å². The van der Waals surface area contributed by atoms with Crippen molar-refractivity contribution in [2.75, 3.05) is 6.79 Å². The summed E-state index contributed by atoms with van der Waals surface area (Å²) in [5.74, 6) is 1.26. The Labute approximate surface area is 107 Å². The summed E-state index contributed by atoms with van der Waals surface area (Å²) in [7, 11) is 0. The van der Waals surface area contributed by atoms with E-state index in [4.69, 9.17) is 9.47 Å². The van der Waals surface area contributed by atoms with Crippen molar-refractivity contribution in [3.05, 3.63) is 23.8 Å². The molecule has 1 aliphatic heterocycles. The molecular formula is C14H19NO3. The number of rotatable bonds is 4. The van der Waals surface area contributed by atoms with Gasteiger partial charge >= 0.3 is 0 Å². The van der Waals surface area contributed by atoms with E-state index in [1.807, 2.05) is 0 Å². The number of hydrogen-bond acceptors (Lipinski definition) is 3. The number of benzene rings is 1. The van der Waals surface area contributed by atoms with Gasteiger partial charge in [0.1, 0.15) is 0 Å². The van der Waals surface area contributed by atoms with Gasteiger partial charge in [0.15, 0.2) is 11.5 Å². The fraction of sp³-hybridized carbons (Fsp3) is 0.500. The monoisotopic (exact) mass is 249 g/mol. The highest BCUT2D eigenvalue weighted by atomic mass is 16.7. The average molecular weight is 249 g/mol. The average Bonchev–Trinajstić information content (AvgIpc) is 2.85. The van der Waals surface area contributed by atoms with Crippen LogP contribution in [0.4, 0.5) is 0 Å². The molecule has 0 aromatic heterocycles. The molecule has 1 amide bonds. The zero-order valence-electron chi connectivity index (χ0n) is 11.1. The number of nitrogens with one attached hydrogen (secondary N) is 1. The highest BCUT2D eigenvalue weighted by Gasteiger charge is 2.23. The van der Waals surface area contributed by atoms with Gasteiger partial charge in [-0.2, -0.15) is 0 Å². The Morgan fingerprint density at radius 2 is 1.94 bits per heavy atom. The summed E-state index contributed by atoms with van der Waals surface area (Å²) in [4.78, 5) is 12.2. The van der Waals surface area contributed by atoms with Crippen LogP contribution in [0, 0.1) is 0 Å². The third-order valence-electron chi connectivity index (χ3n) is 3.61. The quantitative estimate of drug-likeness (QED) is 0.892. The Bertz CT molecular complexity index is 452. The minimum Gasteiger partial charge on any atom is -0.454 e. The standard InChI is InChI=1S/C14H19NO3/c1-4-14(3,5-2)15-13(16)10-6-7-11-12(8-10)18-9-17-11/h6-8H,4-5,9H2,1-3H3,(H,15,16). The van der Waals surface area contributed by atoms with E-state index in [0.717, 1.165) is 12.8 Å². The van der Waals surface area contributed by atoms with E-state index in [9.17, 15) is 4.79 Å². The molecule has 0 spiro atoms. The van der Waals surface area contributed by atoms with Crippen LogP contribution >= 0.6 is 0 Å². The predicted octanol–water partition coefficient (Wildman–Crippen LogP) is 2.72. The van der Waals surface area contributed by atoms with Gasteiger partial charge in [0.25, 0.3) is 5.91 Å². The van der Waals surface area contributed by atoms with Crippen LogP contribution in [0.5, 0.6) is 11.5 Å². The van der Waals surface area contributed by atoms with E-state index in [0.29, 0.717) is 17.1 Å². The van der Waals surface area contributed by atoms with Crippen molar-refractivity contribution in [3.63, 3.8) is 0 Å². The van der Waals surface area contributed by atoms with Crippen LogP contribution in [0.25, 0.3) is 0 Å². The second-order valence-corrected chi connectivity index (χ2v) is 4.79. The minimum absolute atomic E-state index is 0.0699. The molecule has 2 rings (SSSR count). The Morgan fingerprint density at radius 1 is 1.28 bits per heavy atom. The molecule has 0 saturated carbocycles. The topological polar surface area (TPSA) is 47.6 Å². The molecule has 1 aromatic carbocycles. The van der Waals surface area contributed by atoms with Gasteiger partial charge in [0, 0.05) is 11.1 Å². The molecule has 98 valence electrons. The van der Waals surface area contributed by atoms with E-state index < -0.39 is 0 Å². The summed E-state index contributed by atoms with van der Waals surface area (Å²) in [5.41, 5.74) is 0.445. The fourth-order valence-corrected chi connectivity index (χ4v) is 1.81. The normalized spacial score (nSPS) is 13.5. The highest BCUT2D eigenvalue weighted by Crippen LogP contribution is 2.32. The highest BCUT2D eigenvalue weighted by molar-refractivity contribution is 5.95. The molecule has 0 atom stereocenters. The third kappa shape index (κ3) is 2.42. The maximum Gasteiger partial charge on any atom is 0.251 e. The number of ether oxygens (including phenoxy) is 2.